The Bertz CT molecular complexity index is 769. The maximum atomic E-state index is 13.1. The third kappa shape index (κ3) is 8.33. The van der Waals surface area contributed by atoms with Crippen LogP contribution in [0.25, 0.3) is 0 Å². The molecule has 2 N–H and O–H groups in total. The summed E-state index contributed by atoms with van der Waals surface area (Å²) in [4.78, 5) is 26.3. The van der Waals surface area contributed by atoms with Crippen molar-refractivity contribution in [1.29, 1.82) is 0 Å². The molecule has 1 rings (SSSR count). The largest absolute Gasteiger partial charge is 0.289 e. The molecule has 2 amide bonds. The Kier molecular flexibility index (Phi) is 10.1. The van der Waals surface area contributed by atoms with E-state index in [9.17, 15) is 23.2 Å². The second-order valence-electron chi connectivity index (χ2n) is 7.59. The van der Waals surface area contributed by atoms with E-state index in [1.165, 1.54) is 0 Å². The summed E-state index contributed by atoms with van der Waals surface area (Å²) in [7, 11) is -3.86. The maximum absolute atomic E-state index is 13.1. The number of nitrogens with zero attached hydrogens (tertiary/aromatic N) is 2. The number of hydrogen-bond acceptors (Lipinski definition) is 6. The van der Waals surface area contributed by atoms with Gasteiger partial charge in [0.2, 0.25) is 15.9 Å². The lowest BCUT2D eigenvalue weighted by molar-refractivity contribution is -0.151. The highest BCUT2D eigenvalue weighted by atomic mass is 32.2. The topological polar surface area (TPSA) is 107 Å². The van der Waals surface area contributed by atoms with Gasteiger partial charge in [0, 0.05) is 17.9 Å². The first-order valence-corrected chi connectivity index (χ1v) is 12.2. The minimum absolute atomic E-state index is 0.0246. The fourth-order valence-electron chi connectivity index (χ4n) is 2.49. The summed E-state index contributed by atoms with van der Waals surface area (Å²) in [6.45, 7) is 7.57. The lowest BCUT2D eigenvalue weighted by Crippen LogP contribution is -2.58. The van der Waals surface area contributed by atoms with E-state index in [0.29, 0.717) is 11.3 Å². The number of thioether (sulfide) groups is 1. The molecule has 0 spiro atoms. The second-order valence-corrected chi connectivity index (χ2v) is 10.6. The Balaban J connectivity index is 3.44. The standard InChI is InChI=1S/C19H31N3O5S2/c1-14(2)11-12-17(23)22(21(13-15(3)4)29(5,26)27)19(18(24)20-25)28-16-9-7-6-8-10-16/h6-10,14-15,19,25H,11-13H2,1-5H3,(H,20,24)/t19-/m0/s1. The molecule has 1 atom stereocenters. The number of benzene rings is 1. The highest BCUT2D eigenvalue weighted by molar-refractivity contribution is 8.00. The maximum Gasteiger partial charge on any atom is 0.278 e. The number of rotatable bonds is 11. The zero-order valence-corrected chi connectivity index (χ0v) is 19.2. The van der Waals surface area contributed by atoms with E-state index in [2.05, 4.69) is 0 Å². The van der Waals surface area contributed by atoms with Crippen LogP contribution in [-0.2, 0) is 19.6 Å². The molecule has 0 aromatic heterocycles. The molecule has 0 unspecified atom stereocenters. The Morgan fingerprint density at radius 1 is 1.10 bits per heavy atom. The summed E-state index contributed by atoms with van der Waals surface area (Å²) in [6.07, 6.45) is 1.61. The number of amides is 2. The van der Waals surface area contributed by atoms with Crippen LogP contribution < -0.4 is 5.48 Å². The normalized spacial score (nSPS) is 13.0. The third-order valence-electron chi connectivity index (χ3n) is 3.88. The molecular weight excluding hydrogens is 414 g/mol. The van der Waals surface area contributed by atoms with E-state index in [-0.39, 0.29) is 24.8 Å². The molecule has 0 saturated heterocycles. The Hall–Kier alpha value is -1.62. The van der Waals surface area contributed by atoms with Crippen LogP contribution in [0.1, 0.15) is 40.5 Å². The molecule has 1 aromatic rings. The van der Waals surface area contributed by atoms with Crippen LogP contribution in [0.3, 0.4) is 0 Å². The van der Waals surface area contributed by atoms with Crippen molar-refractivity contribution >= 4 is 33.6 Å². The zero-order valence-electron chi connectivity index (χ0n) is 17.5. The van der Waals surface area contributed by atoms with Crippen molar-refractivity contribution in [3.63, 3.8) is 0 Å². The lowest BCUT2D eigenvalue weighted by Gasteiger charge is -2.38. The molecule has 164 valence electrons. The molecule has 0 radical (unpaired) electrons. The first-order valence-electron chi connectivity index (χ1n) is 9.42. The Morgan fingerprint density at radius 3 is 2.14 bits per heavy atom. The van der Waals surface area contributed by atoms with Gasteiger partial charge in [-0.25, -0.2) is 18.9 Å². The SMILES string of the molecule is CC(C)CCC(=O)N([C@@H](Sc1ccccc1)C(=O)NO)N(CC(C)C)S(C)(=O)=O. The number of sulfonamides is 1. The lowest BCUT2D eigenvalue weighted by atomic mass is 10.1. The van der Waals surface area contributed by atoms with Crippen molar-refractivity contribution < 1.29 is 23.2 Å². The highest BCUT2D eigenvalue weighted by Crippen LogP contribution is 2.29. The van der Waals surface area contributed by atoms with E-state index >= 15 is 0 Å². The summed E-state index contributed by atoms with van der Waals surface area (Å²) < 4.78 is 26.0. The minimum atomic E-state index is -3.86. The first-order chi connectivity index (χ1) is 13.5. The highest BCUT2D eigenvalue weighted by Gasteiger charge is 2.39. The van der Waals surface area contributed by atoms with Crippen molar-refractivity contribution in [3.05, 3.63) is 30.3 Å². The van der Waals surface area contributed by atoms with Gasteiger partial charge < -0.3 is 0 Å². The zero-order chi connectivity index (χ0) is 22.2. The van der Waals surface area contributed by atoms with Crippen molar-refractivity contribution in [1.82, 2.24) is 14.9 Å². The van der Waals surface area contributed by atoms with Gasteiger partial charge in [-0.05, 0) is 30.4 Å². The molecular formula is C19H31N3O5S2. The number of hydroxylamine groups is 1. The Labute approximate surface area is 177 Å². The van der Waals surface area contributed by atoms with Gasteiger partial charge in [-0.15, -0.1) is 4.41 Å². The van der Waals surface area contributed by atoms with Gasteiger partial charge in [-0.1, -0.05) is 57.7 Å². The number of carbonyl (C=O) groups excluding carboxylic acids is 2. The van der Waals surface area contributed by atoms with Gasteiger partial charge >= 0.3 is 0 Å². The Morgan fingerprint density at radius 2 is 1.69 bits per heavy atom. The number of carbonyl (C=O) groups is 2. The van der Waals surface area contributed by atoms with Gasteiger partial charge in [0.1, 0.15) is 0 Å². The van der Waals surface area contributed by atoms with Crippen molar-refractivity contribution in [2.75, 3.05) is 12.8 Å². The van der Waals surface area contributed by atoms with Crippen molar-refractivity contribution in [2.24, 2.45) is 11.8 Å². The smallest absolute Gasteiger partial charge is 0.278 e. The molecule has 0 aliphatic carbocycles. The van der Waals surface area contributed by atoms with E-state index in [4.69, 9.17) is 0 Å². The number of nitrogens with one attached hydrogen (secondary N) is 1. The van der Waals surface area contributed by atoms with E-state index in [0.717, 1.165) is 27.4 Å². The molecule has 8 nitrogen and oxygen atoms in total. The van der Waals surface area contributed by atoms with E-state index in [1.54, 1.807) is 35.8 Å². The summed E-state index contributed by atoms with van der Waals surface area (Å²) in [5.74, 6) is -1.25. The molecule has 0 fully saturated rings. The van der Waals surface area contributed by atoms with Crippen LogP contribution in [0.15, 0.2) is 35.2 Å². The van der Waals surface area contributed by atoms with Crippen LogP contribution in [-0.4, -0.2) is 53.0 Å². The molecule has 0 aliphatic rings. The third-order valence-corrected chi connectivity index (χ3v) is 6.16. The molecule has 0 heterocycles. The molecule has 1 aromatic carbocycles. The fourth-order valence-corrected chi connectivity index (χ4v) is 4.69. The van der Waals surface area contributed by atoms with Gasteiger partial charge in [0.15, 0.2) is 5.37 Å². The average molecular weight is 446 g/mol. The van der Waals surface area contributed by atoms with Gasteiger partial charge in [-0.3, -0.25) is 14.8 Å². The van der Waals surface area contributed by atoms with Crippen LogP contribution in [0, 0.1) is 11.8 Å². The fraction of sp³-hybridized carbons (Fsp3) is 0.579. The van der Waals surface area contributed by atoms with Crippen molar-refractivity contribution in [3.8, 4) is 0 Å². The summed E-state index contributed by atoms with van der Waals surface area (Å²) in [5, 5.41) is 8.96. The monoisotopic (exact) mass is 445 g/mol. The van der Waals surface area contributed by atoms with Gasteiger partial charge in [0.25, 0.3) is 5.91 Å². The quantitative estimate of drug-likeness (QED) is 0.235. The molecule has 0 saturated carbocycles. The van der Waals surface area contributed by atoms with Crippen LogP contribution in [0.2, 0.25) is 0 Å². The van der Waals surface area contributed by atoms with Crippen LogP contribution in [0.4, 0.5) is 0 Å². The molecule has 0 aliphatic heterocycles. The number of hydrazine groups is 1. The second kappa shape index (κ2) is 11.5. The van der Waals surface area contributed by atoms with E-state index < -0.39 is 27.2 Å². The van der Waals surface area contributed by atoms with Crippen LogP contribution in [0.5, 0.6) is 0 Å². The van der Waals surface area contributed by atoms with E-state index in [1.807, 2.05) is 27.7 Å². The predicted molar refractivity (Wildman–Crippen MR) is 113 cm³/mol. The number of hydrogen-bond donors (Lipinski definition) is 2. The first kappa shape index (κ1) is 25.4. The predicted octanol–water partition coefficient (Wildman–Crippen LogP) is 2.71. The van der Waals surface area contributed by atoms with Gasteiger partial charge in [0.05, 0.1) is 6.26 Å². The van der Waals surface area contributed by atoms with Crippen molar-refractivity contribution in [2.45, 2.75) is 50.8 Å². The summed E-state index contributed by atoms with van der Waals surface area (Å²) in [5.41, 5.74) is 1.57. The van der Waals surface area contributed by atoms with Crippen LogP contribution >= 0.6 is 11.8 Å². The summed E-state index contributed by atoms with van der Waals surface area (Å²) >= 11 is 0.991. The summed E-state index contributed by atoms with van der Waals surface area (Å²) in [6, 6.07) is 8.82. The molecule has 10 heteroatoms. The molecule has 0 bridgehead atoms. The molecule has 29 heavy (non-hydrogen) atoms. The minimum Gasteiger partial charge on any atom is -0.289 e. The average Bonchev–Trinajstić information content (AvgIpc) is 2.64. The van der Waals surface area contributed by atoms with Gasteiger partial charge in [-0.2, -0.15) is 0 Å².